The van der Waals surface area contributed by atoms with Crippen LogP contribution in [0.25, 0.3) is 22.5 Å². The molecule has 0 aliphatic heterocycles. The number of carbonyl (C=O) groups excluding carboxylic acids is 8. The second-order valence-electron chi connectivity index (χ2n) is 9.00. The summed E-state index contributed by atoms with van der Waals surface area (Å²) < 4.78 is 4.56. The van der Waals surface area contributed by atoms with Crippen molar-refractivity contribution in [2.45, 2.75) is 0 Å². The van der Waals surface area contributed by atoms with Gasteiger partial charge in [0.15, 0.2) is 5.78 Å². The maximum absolute atomic E-state index is 12.2. The number of carbonyl (C=O) groups is 9. The number of carboxylic acids is 4. The van der Waals surface area contributed by atoms with Gasteiger partial charge in [0.2, 0.25) is 17.4 Å². The van der Waals surface area contributed by atoms with E-state index in [4.69, 9.17) is 14.7 Å². The summed E-state index contributed by atoms with van der Waals surface area (Å²) in [5.41, 5.74) is -4.14. The predicted molar refractivity (Wildman–Crippen MR) is 143 cm³/mol. The van der Waals surface area contributed by atoms with E-state index in [2.05, 4.69) is 30.9 Å². The quantitative estimate of drug-likeness (QED) is 0.0540. The van der Waals surface area contributed by atoms with E-state index >= 15 is 0 Å². The molecule has 0 unspecified atom stereocenters. The van der Waals surface area contributed by atoms with Crippen LogP contribution in [0.1, 0.15) is 83.4 Å². The van der Waals surface area contributed by atoms with Crippen LogP contribution in [0.3, 0.4) is 0 Å². The molecule has 2 aliphatic rings. The number of nitrogens with one attached hydrogen (secondary N) is 2. The Bertz CT molecular complexity index is 2220. The van der Waals surface area contributed by atoms with E-state index in [9.17, 15) is 58.5 Å². The Morgan fingerprint density at radius 1 is 0.750 bits per heavy atom. The summed E-state index contributed by atoms with van der Waals surface area (Å²) in [5.74, 6) is -10.6. The Balaban J connectivity index is 0.000000873. The summed E-state index contributed by atoms with van der Waals surface area (Å²) in [5, 5.41) is 38.4. The number of ketones is 4. The van der Waals surface area contributed by atoms with Crippen molar-refractivity contribution >= 4 is 59.6 Å². The van der Waals surface area contributed by atoms with Crippen molar-refractivity contribution in [1.82, 2.24) is 19.9 Å². The van der Waals surface area contributed by atoms with Gasteiger partial charge in [-0.25, -0.2) is 24.4 Å². The van der Waals surface area contributed by atoms with Gasteiger partial charge in [0.1, 0.15) is 17.1 Å². The number of hydrogen-bond acceptors (Lipinski definition) is 16. The number of aromatic carboxylic acids is 4. The first-order chi connectivity index (χ1) is 22.7. The molecule has 4 aromatic heterocycles. The van der Waals surface area contributed by atoms with E-state index in [0.717, 1.165) is 18.2 Å². The standard InChI is InChI=1S/C14H6N2O8.C13H5N2O6.CO2.3Li.H2O/c17-3-24-7-2-5-9(16-7)8-4(13(20)21)1-6(14(22)23)15-10(8)12(19)11(5)18;16-10-4-1-2-14-8(4)7-5(12(18)19)3-6(13(20)21)15-9(7)11(10)17;2-1-3;;;;/h1-3,16H,(H,20,21)(H,22,23);1,3,14H,(H,18,19)(H,20,21);;;;;1H2/q;-1;;3*+1;/p-2. The van der Waals surface area contributed by atoms with Gasteiger partial charge in [0.05, 0.1) is 34.0 Å². The Labute approximate surface area is 322 Å². The Morgan fingerprint density at radius 3 is 1.67 bits per heavy atom. The van der Waals surface area contributed by atoms with Crippen molar-refractivity contribution in [2.75, 3.05) is 0 Å². The number of nitrogens with zero attached hydrogens (tertiary/aromatic N) is 2. The first kappa shape index (κ1) is 46.0. The number of hydrogen-bond donors (Lipinski definition) is 5. The van der Waals surface area contributed by atoms with Crippen molar-refractivity contribution in [1.29, 1.82) is 0 Å². The maximum Gasteiger partial charge on any atom is 1.00 e. The minimum Gasteiger partial charge on any atom is -0.870 e. The van der Waals surface area contributed by atoms with Gasteiger partial charge >= 0.3 is 80.6 Å². The second-order valence-corrected chi connectivity index (χ2v) is 9.00. The van der Waals surface area contributed by atoms with Gasteiger partial charge in [-0.15, -0.1) is 11.8 Å². The van der Waals surface area contributed by atoms with E-state index in [1.165, 1.54) is 6.07 Å². The van der Waals surface area contributed by atoms with E-state index in [1.807, 2.05) is 0 Å². The number of fused-ring (bicyclic) bond motifs is 6. The molecular formula is C28H11Li3N4O17. The fourth-order valence-corrected chi connectivity index (χ4v) is 4.55. The maximum atomic E-state index is 12.2. The average Bonchev–Trinajstić information content (AvgIpc) is 3.70. The number of aromatic nitrogens is 4. The summed E-state index contributed by atoms with van der Waals surface area (Å²) in [6, 6.07) is 3.85. The molecule has 0 amide bonds. The van der Waals surface area contributed by atoms with Crippen molar-refractivity contribution in [2.24, 2.45) is 0 Å². The van der Waals surface area contributed by atoms with Gasteiger partial charge in [-0.1, -0.05) is 5.69 Å². The minimum absolute atomic E-state index is 0. The van der Waals surface area contributed by atoms with Crippen molar-refractivity contribution < 1.29 is 140 Å². The minimum atomic E-state index is -1.75. The zero-order valence-electron chi connectivity index (χ0n) is 26.4. The third-order valence-electron chi connectivity index (χ3n) is 6.41. The molecule has 0 saturated heterocycles. The summed E-state index contributed by atoms with van der Waals surface area (Å²) in [6.45, 7) is 0.0778. The number of H-pyrrole nitrogens is 2. The fraction of sp³-hybridized carbons (Fsp3) is 0. The molecule has 4 heterocycles. The molecule has 0 bridgehead atoms. The van der Waals surface area contributed by atoms with Crippen molar-refractivity contribution in [3.05, 3.63) is 75.5 Å². The molecule has 0 fully saturated rings. The smallest absolute Gasteiger partial charge is 0.870 e. The molecule has 0 atom stereocenters. The molecule has 0 spiro atoms. The van der Waals surface area contributed by atoms with Crippen LogP contribution in [0.4, 0.5) is 0 Å². The normalized spacial score (nSPS) is 11.0. The number of pyridine rings is 2. The molecule has 21 nitrogen and oxygen atoms in total. The molecule has 24 heteroatoms. The molecule has 6 rings (SSSR count). The second kappa shape index (κ2) is 18.3. The zero-order chi connectivity index (χ0) is 35.6. The number of Topliss-reactive ketones (excluding diaryl/α,β-unsaturated/α-hetero) is 4. The topological polar surface area (TPSA) is 368 Å². The van der Waals surface area contributed by atoms with Gasteiger partial charge in [-0.05, 0) is 17.7 Å². The van der Waals surface area contributed by atoms with Gasteiger partial charge in [0, 0.05) is 11.6 Å². The molecule has 0 radical (unpaired) electrons. The van der Waals surface area contributed by atoms with Crippen LogP contribution in [0.5, 0.6) is 5.88 Å². The molecule has 2 aliphatic carbocycles. The SMILES string of the molecule is O=C([O-])c1cc(C(=O)O)c2c(n1)C(=O)C(=O)c1c[c-][nH]c1-2.O=C=O.O=COc1cc2c([nH]1)-c1c(C(=O)O)cc(C(=O)O)nc1C(=O)C2=O.[Li+].[Li+].[Li+].[OH-]. The average molecular weight is 696 g/mol. The Kier molecular flexibility index (Phi) is 16.2. The molecule has 0 aromatic carbocycles. The molecular weight excluding hydrogens is 685 g/mol. The van der Waals surface area contributed by atoms with Crippen LogP contribution < -0.4 is 66.4 Å². The van der Waals surface area contributed by atoms with Crippen LogP contribution in [0.15, 0.2) is 24.3 Å². The van der Waals surface area contributed by atoms with E-state index in [0.29, 0.717) is 0 Å². The third kappa shape index (κ3) is 8.31. The Hall–Kier alpha value is -5.98. The molecule has 0 saturated carbocycles. The fourth-order valence-electron chi connectivity index (χ4n) is 4.55. The summed E-state index contributed by atoms with van der Waals surface area (Å²) >= 11 is 0. The largest absolute Gasteiger partial charge is 1.00 e. The first-order valence-electron chi connectivity index (χ1n) is 12.3. The number of aromatic amines is 2. The summed E-state index contributed by atoms with van der Waals surface area (Å²) in [4.78, 5) is 132. The molecule has 52 heavy (non-hydrogen) atoms. The molecule has 4 aromatic rings. The van der Waals surface area contributed by atoms with Crippen LogP contribution in [-0.4, -0.2) is 100 Å². The van der Waals surface area contributed by atoms with Crippen molar-refractivity contribution in [3.63, 3.8) is 0 Å². The first-order valence-corrected chi connectivity index (χ1v) is 12.3. The van der Waals surface area contributed by atoms with Crippen molar-refractivity contribution in [3.8, 4) is 28.4 Å². The molecule has 248 valence electrons. The monoisotopic (exact) mass is 696 g/mol. The molecule has 6 N–H and O–H groups in total. The number of ether oxygens (including phenoxy) is 1. The summed E-state index contributed by atoms with van der Waals surface area (Å²) in [7, 11) is 0. The van der Waals surface area contributed by atoms with Gasteiger partial charge in [-0.3, -0.25) is 19.2 Å². The van der Waals surface area contributed by atoms with Crippen LogP contribution in [-0.2, 0) is 14.4 Å². The predicted octanol–water partition coefficient (Wildman–Crippen LogP) is -10.0. The third-order valence-corrected chi connectivity index (χ3v) is 6.41. The Morgan fingerprint density at radius 2 is 1.21 bits per heavy atom. The van der Waals surface area contributed by atoms with Gasteiger partial charge in [0.25, 0.3) is 12.3 Å². The summed E-state index contributed by atoms with van der Waals surface area (Å²) in [6.07, 6.45) is 2.74. The number of rotatable bonds is 6. The van der Waals surface area contributed by atoms with Gasteiger partial charge in [-0.2, -0.15) is 15.7 Å². The van der Waals surface area contributed by atoms with E-state index in [-0.39, 0.29) is 114 Å². The van der Waals surface area contributed by atoms with Gasteiger partial charge < -0.3 is 50.2 Å². The van der Waals surface area contributed by atoms with E-state index < -0.39 is 80.9 Å². The van der Waals surface area contributed by atoms with E-state index in [1.54, 1.807) is 0 Å². The number of carboxylic acid groups (broad SMARTS) is 4. The van der Waals surface area contributed by atoms with Crippen LogP contribution >= 0.6 is 0 Å². The zero-order valence-corrected chi connectivity index (χ0v) is 26.4. The van der Waals surface area contributed by atoms with Crippen LogP contribution in [0, 0.1) is 6.20 Å². The van der Waals surface area contributed by atoms with Crippen LogP contribution in [0.2, 0.25) is 0 Å².